The molecule has 0 radical (unpaired) electrons. The van der Waals surface area contributed by atoms with Crippen molar-refractivity contribution >= 4 is 16.2 Å². The van der Waals surface area contributed by atoms with E-state index in [-0.39, 0.29) is 10.6 Å². The molecule has 8 heteroatoms. The number of benzene rings is 2. The van der Waals surface area contributed by atoms with Crippen molar-refractivity contribution in [2.24, 2.45) is 5.10 Å². The summed E-state index contributed by atoms with van der Waals surface area (Å²) in [6, 6.07) is 11.8. The van der Waals surface area contributed by atoms with E-state index in [1.54, 1.807) is 18.2 Å². The van der Waals surface area contributed by atoms with Gasteiger partial charge < -0.3 is 14.2 Å². The Morgan fingerprint density at radius 2 is 1.71 bits per heavy atom. The molecular weight excluding hydrogens is 380 g/mol. The van der Waals surface area contributed by atoms with Gasteiger partial charge in [0.15, 0.2) is 0 Å². The first-order valence-electron chi connectivity index (χ1n) is 9.00. The van der Waals surface area contributed by atoms with E-state index in [0.29, 0.717) is 12.4 Å². The number of hydrazone groups is 1. The van der Waals surface area contributed by atoms with E-state index < -0.39 is 10.0 Å². The Labute approximate surface area is 166 Å². The normalized spacial score (nSPS) is 11.4. The van der Waals surface area contributed by atoms with Crippen molar-refractivity contribution in [2.75, 3.05) is 20.8 Å². The van der Waals surface area contributed by atoms with E-state index in [4.69, 9.17) is 14.2 Å². The van der Waals surface area contributed by atoms with Crippen molar-refractivity contribution in [3.8, 4) is 17.2 Å². The zero-order chi connectivity index (χ0) is 20.4. The van der Waals surface area contributed by atoms with E-state index >= 15 is 0 Å². The molecule has 0 aliphatic rings. The van der Waals surface area contributed by atoms with Gasteiger partial charge in [0.2, 0.25) is 0 Å². The lowest BCUT2D eigenvalue weighted by Gasteiger charge is -2.10. The number of nitrogens with one attached hydrogen (secondary N) is 1. The molecule has 2 aromatic carbocycles. The van der Waals surface area contributed by atoms with Crippen LogP contribution in [0, 0.1) is 0 Å². The zero-order valence-corrected chi connectivity index (χ0v) is 17.2. The van der Waals surface area contributed by atoms with Gasteiger partial charge in [-0.05, 0) is 48.4 Å². The predicted molar refractivity (Wildman–Crippen MR) is 109 cm³/mol. The summed E-state index contributed by atoms with van der Waals surface area (Å²) in [4.78, 5) is 2.13. The van der Waals surface area contributed by atoms with Gasteiger partial charge in [-0.15, -0.1) is 0 Å². The highest BCUT2D eigenvalue weighted by Gasteiger charge is 2.19. The summed E-state index contributed by atoms with van der Waals surface area (Å²) in [5.74, 6) is 1.38. The summed E-state index contributed by atoms with van der Waals surface area (Å²) in [5, 5.41) is 3.84. The van der Waals surface area contributed by atoms with Gasteiger partial charge in [0, 0.05) is 6.07 Å². The van der Waals surface area contributed by atoms with Crippen LogP contribution in [0.3, 0.4) is 0 Å². The number of methoxy groups -OCH3 is 2. The lowest BCUT2D eigenvalue weighted by molar-refractivity contribution is 0.306. The minimum atomic E-state index is -3.91. The van der Waals surface area contributed by atoms with Crippen LogP contribution in [0.5, 0.6) is 17.2 Å². The molecule has 0 amide bonds. The summed E-state index contributed by atoms with van der Waals surface area (Å²) in [5.41, 5.74) is 0.737. The molecule has 7 nitrogen and oxygen atoms in total. The Morgan fingerprint density at radius 1 is 1.00 bits per heavy atom. The molecule has 0 bridgehead atoms. The Morgan fingerprint density at radius 3 is 2.36 bits per heavy atom. The van der Waals surface area contributed by atoms with Gasteiger partial charge in [-0.1, -0.05) is 19.8 Å². The summed E-state index contributed by atoms with van der Waals surface area (Å²) < 4.78 is 40.9. The standard InChI is InChI=1S/C20H26N2O5S/c1-4-5-6-13-27-17-9-7-16(8-10-17)15-21-22-28(23,24)20-14-18(25-2)11-12-19(20)26-3/h7-12,14-15,22H,4-6,13H2,1-3H3/b21-15+. The largest absolute Gasteiger partial charge is 0.497 e. The van der Waals surface area contributed by atoms with Gasteiger partial charge in [-0.25, -0.2) is 0 Å². The average Bonchev–Trinajstić information content (AvgIpc) is 2.71. The smallest absolute Gasteiger partial charge is 0.280 e. The second-order valence-electron chi connectivity index (χ2n) is 5.99. The molecular formula is C20H26N2O5S. The fourth-order valence-electron chi connectivity index (χ4n) is 2.41. The van der Waals surface area contributed by atoms with E-state index in [9.17, 15) is 8.42 Å². The molecule has 2 aromatic rings. The molecule has 0 saturated heterocycles. The molecule has 0 spiro atoms. The Kier molecular flexibility index (Phi) is 8.13. The second kappa shape index (κ2) is 10.6. The maximum Gasteiger partial charge on any atom is 0.280 e. The topological polar surface area (TPSA) is 86.2 Å². The van der Waals surface area contributed by atoms with Crippen LogP contribution in [0.4, 0.5) is 0 Å². The number of hydrogen-bond acceptors (Lipinski definition) is 6. The third kappa shape index (κ3) is 6.16. The Balaban J connectivity index is 2.01. The van der Waals surface area contributed by atoms with Crippen LogP contribution in [0.1, 0.15) is 31.7 Å². The molecule has 0 unspecified atom stereocenters. The van der Waals surface area contributed by atoms with Gasteiger partial charge in [-0.2, -0.15) is 18.4 Å². The maximum atomic E-state index is 12.5. The number of unbranched alkanes of at least 4 members (excludes halogenated alkanes) is 2. The van der Waals surface area contributed by atoms with Crippen LogP contribution < -0.4 is 19.0 Å². The molecule has 0 saturated carbocycles. The molecule has 0 aromatic heterocycles. The van der Waals surface area contributed by atoms with Crippen molar-refractivity contribution in [2.45, 2.75) is 31.1 Å². The molecule has 0 fully saturated rings. The van der Waals surface area contributed by atoms with Crippen molar-refractivity contribution in [3.05, 3.63) is 48.0 Å². The minimum absolute atomic E-state index is 0.0534. The van der Waals surface area contributed by atoms with Crippen LogP contribution >= 0.6 is 0 Å². The highest BCUT2D eigenvalue weighted by molar-refractivity contribution is 7.89. The Hall–Kier alpha value is -2.74. The molecule has 0 aliphatic carbocycles. The van der Waals surface area contributed by atoms with Crippen molar-refractivity contribution in [1.29, 1.82) is 0 Å². The lowest BCUT2D eigenvalue weighted by Crippen LogP contribution is -2.19. The van der Waals surface area contributed by atoms with Gasteiger partial charge in [-0.3, -0.25) is 0 Å². The molecule has 0 aliphatic heterocycles. The first kappa shape index (κ1) is 21.6. The first-order valence-corrected chi connectivity index (χ1v) is 10.5. The van der Waals surface area contributed by atoms with Gasteiger partial charge in [0.25, 0.3) is 10.0 Å². The quantitative estimate of drug-likeness (QED) is 0.350. The van der Waals surface area contributed by atoms with Crippen LogP contribution in [0.2, 0.25) is 0 Å². The number of rotatable bonds is 11. The van der Waals surface area contributed by atoms with E-state index in [1.165, 1.54) is 32.6 Å². The van der Waals surface area contributed by atoms with Crippen LogP contribution in [-0.4, -0.2) is 35.5 Å². The van der Waals surface area contributed by atoms with Crippen molar-refractivity contribution < 1.29 is 22.6 Å². The van der Waals surface area contributed by atoms with Gasteiger partial charge >= 0.3 is 0 Å². The second-order valence-corrected chi connectivity index (χ2v) is 7.62. The number of sulfonamides is 1. The minimum Gasteiger partial charge on any atom is -0.497 e. The van der Waals surface area contributed by atoms with Gasteiger partial charge in [0.05, 0.1) is 27.0 Å². The van der Waals surface area contributed by atoms with E-state index in [2.05, 4.69) is 16.9 Å². The fraction of sp³-hybridized carbons (Fsp3) is 0.350. The number of nitrogens with zero attached hydrogens (tertiary/aromatic N) is 1. The zero-order valence-electron chi connectivity index (χ0n) is 16.3. The number of ether oxygens (including phenoxy) is 3. The monoisotopic (exact) mass is 406 g/mol. The molecule has 0 heterocycles. The summed E-state index contributed by atoms with van der Waals surface area (Å²) in [6.07, 6.45) is 4.74. The van der Waals surface area contributed by atoms with Gasteiger partial charge in [0.1, 0.15) is 22.1 Å². The van der Waals surface area contributed by atoms with Crippen LogP contribution in [-0.2, 0) is 10.0 Å². The summed E-state index contributed by atoms with van der Waals surface area (Å²) in [7, 11) is -1.05. The average molecular weight is 407 g/mol. The predicted octanol–water partition coefficient (Wildman–Crippen LogP) is 3.59. The highest BCUT2D eigenvalue weighted by Crippen LogP contribution is 2.27. The highest BCUT2D eigenvalue weighted by atomic mass is 32.2. The Bertz CT molecular complexity index is 880. The fourth-order valence-corrected chi connectivity index (χ4v) is 3.38. The van der Waals surface area contributed by atoms with Crippen molar-refractivity contribution in [1.82, 2.24) is 4.83 Å². The lowest BCUT2D eigenvalue weighted by atomic mass is 10.2. The summed E-state index contributed by atoms with van der Waals surface area (Å²) in [6.45, 7) is 2.83. The maximum absolute atomic E-state index is 12.5. The third-order valence-electron chi connectivity index (χ3n) is 3.94. The molecule has 152 valence electrons. The molecule has 0 atom stereocenters. The molecule has 2 rings (SSSR count). The number of hydrogen-bond donors (Lipinski definition) is 1. The SMILES string of the molecule is CCCCCOc1ccc(/C=N/NS(=O)(=O)c2cc(OC)ccc2OC)cc1. The van der Waals surface area contributed by atoms with Crippen LogP contribution in [0.25, 0.3) is 0 Å². The van der Waals surface area contributed by atoms with Crippen molar-refractivity contribution in [3.63, 3.8) is 0 Å². The van der Waals surface area contributed by atoms with E-state index in [0.717, 1.165) is 30.6 Å². The third-order valence-corrected chi connectivity index (χ3v) is 5.19. The first-order chi connectivity index (χ1) is 13.5. The van der Waals surface area contributed by atoms with Crippen LogP contribution in [0.15, 0.2) is 52.5 Å². The van der Waals surface area contributed by atoms with E-state index in [1.807, 2.05) is 12.1 Å². The molecule has 28 heavy (non-hydrogen) atoms. The summed E-state index contributed by atoms with van der Waals surface area (Å²) >= 11 is 0. The molecule has 1 N–H and O–H groups in total.